The van der Waals surface area contributed by atoms with Gasteiger partial charge in [0.25, 0.3) is 5.91 Å². The number of piperidine rings is 1. The number of carbonyl (C=O) groups is 2. The van der Waals surface area contributed by atoms with Crippen LogP contribution < -0.4 is 11.1 Å². The summed E-state index contributed by atoms with van der Waals surface area (Å²) >= 11 is 0. The van der Waals surface area contributed by atoms with Crippen LogP contribution in [0.25, 0.3) is 0 Å². The molecule has 0 spiro atoms. The van der Waals surface area contributed by atoms with Crippen LogP contribution in [0.5, 0.6) is 0 Å². The van der Waals surface area contributed by atoms with Gasteiger partial charge in [0.2, 0.25) is 5.91 Å². The SMILES string of the molecule is Cc1ccc(C(=O)N2CCC(N(CCc3ccccc3)Cc3ccccc3)C[C@@H]2C(=O)NC2CCC(N)CC2)cc1. The maximum Gasteiger partial charge on any atom is 0.254 e. The van der Waals surface area contributed by atoms with Gasteiger partial charge in [0.1, 0.15) is 6.04 Å². The summed E-state index contributed by atoms with van der Waals surface area (Å²) in [6, 6.07) is 28.8. The molecule has 3 N–H and O–H groups in total. The first kappa shape index (κ1) is 29.0. The number of hydrogen-bond acceptors (Lipinski definition) is 4. The molecule has 1 saturated heterocycles. The van der Waals surface area contributed by atoms with Crippen molar-refractivity contribution in [3.63, 3.8) is 0 Å². The van der Waals surface area contributed by atoms with E-state index in [-0.39, 0.29) is 29.9 Å². The Bertz CT molecular complexity index is 1260. The molecule has 1 aliphatic carbocycles. The number of benzene rings is 3. The van der Waals surface area contributed by atoms with Crippen LogP contribution in [0, 0.1) is 6.92 Å². The first-order valence-corrected chi connectivity index (χ1v) is 15.2. The highest BCUT2D eigenvalue weighted by Gasteiger charge is 2.39. The predicted octanol–water partition coefficient (Wildman–Crippen LogP) is 5.10. The van der Waals surface area contributed by atoms with Gasteiger partial charge in [-0.1, -0.05) is 78.4 Å². The summed E-state index contributed by atoms with van der Waals surface area (Å²) in [6.45, 7) is 4.29. The molecule has 2 atom stereocenters. The monoisotopic (exact) mass is 552 g/mol. The summed E-state index contributed by atoms with van der Waals surface area (Å²) in [5, 5.41) is 3.31. The second-order valence-electron chi connectivity index (χ2n) is 11.9. The molecule has 5 rings (SSSR count). The van der Waals surface area contributed by atoms with E-state index in [2.05, 4.69) is 64.8 Å². The highest BCUT2D eigenvalue weighted by Crippen LogP contribution is 2.27. The molecule has 1 aliphatic heterocycles. The van der Waals surface area contributed by atoms with Gasteiger partial charge in [0.15, 0.2) is 0 Å². The van der Waals surface area contributed by atoms with Gasteiger partial charge in [-0.2, -0.15) is 0 Å². The zero-order chi connectivity index (χ0) is 28.6. The van der Waals surface area contributed by atoms with E-state index in [1.54, 1.807) is 0 Å². The Labute approximate surface area is 244 Å². The van der Waals surface area contributed by atoms with Crippen molar-refractivity contribution >= 4 is 11.8 Å². The molecule has 2 amide bonds. The minimum Gasteiger partial charge on any atom is -0.352 e. The first-order valence-electron chi connectivity index (χ1n) is 15.2. The molecule has 0 aromatic heterocycles. The van der Waals surface area contributed by atoms with Crippen LogP contribution in [0.1, 0.15) is 65.6 Å². The number of nitrogens with one attached hydrogen (secondary N) is 1. The topological polar surface area (TPSA) is 78.7 Å². The van der Waals surface area contributed by atoms with Gasteiger partial charge < -0.3 is 16.0 Å². The number of likely N-dealkylation sites (tertiary alicyclic amines) is 1. The van der Waals surface area contributed by atoms with Crippen molar-refractivity contribution in [2.75, 3.05) is 13.1 Å². The van der Waals surface area contributed by atoms with Crippen LogP contribution in [0.2, 0.25) is 0 Å². The molecule has 3 aromatic carbocycles. The zero-order valence-electron chi connectivity index (χ0n) is 24.3. The maximum absolute atomic E-state index is 13.9. The lowest BCUT2D eigenvalue weighted by Gasteiger charge is -2.43. The zero-order valence-corrected chi connectivity index (χ0v) is 24.3. The summed E-state index contributed by atoms with van der Waals surface area (Å²) in [6.07, 6.45) is 6.04. The largest absolute Gasteiger partial charge is 0.352 e. The molecule has 0 bridgehead atoms. The fourth-order valence-electron chi connectivity index (χ4n) is 6.32. The summed E-state index contributed by atoms with van der Waals surface area (Å²) in [7, 11) is 0. The summed E-state index contributed by atoms with van der Waals surface area (Å²) in [4.78, 5) is 32.0. The molecule has 41 heavy (non-hydrogen) atoms. The van der Waals surface area contributed by atoms with Gasteiger partial charge in [-0.3, -0.25) is 14.5 Å². The lowest BCUT2D eigenvalue weighted by molar-refractivity contribution is -0.128. The van der Waals surface area contributed by atoms with Crippen LogP contribution in [0.4, 0.5) is 0 Å². The van der Waals surface area contributed by atoms with Crippen molar-refractivity contribution in [3.8, 4) is 0 Å². The number of carbonyl (C=O) groups excluding carboxylic acids is 2. The average molecular weight is 553 g/mol. The van der Waals surface area contributed by atoms with Crippen molar-refractivity contribution < 1.29 is 9.59 Å². The van der Waals surface area contributed by atoms with Crippen LogP contribution in [0.15, 0.2) is 84.9 Å². The lowest BCUT2D eigenvalue weighted by atomic mass is 9.90. The molecule has 6 heteroatoms. The second kappa shape index (κ2) is 13.9. The van der Waals surface area contributed by atoms with Gasteiger partial charge in [-0.15, -0.1) is 0 Å². The number of hydrogen-bond donors (Lipinski definition) is 2. The molecule has 3 aromatic rings. The standard InChI is InChI=1S/C35H44N4O2/c1-26-12-14-29(15-13-26)35(41)39-23-21-32(24-33(39)34(40)37-31-18-16-30(36)17-19-31)38(25-28-10-6-3-7-11-28)22-20-27-8-4-2-5-9-27/h2-15,30-33H,16-25,36H2,1H3,(H,37,40)/t30?,31?,32?,33-/m1/s1. The minimum absolute atomic E-state index is 0.0293. The first-order chi connectivity index (χ1) is 20.0. The quantitative estimate of drug-likeness (QED) is 0.387. The third-order valence-corrected chi connectivity index (χ3v) is 8.83. The van der Waals surface area contributed by atoms with E-state index in [1.165, 1.54) is 11.1 Å². The Balaban J connectivity index is 1.36. The Kier molecular flexibility index (Phi) is 9.86. The van der Waals surface area contributed by atoms with Crippen molar-refractivity contribution in [1.29, 1.82) is 0 Å². The third kappa shape index (κ3) is 7.84. The van der Waals surface area contributed by atoms with E-state index in [9.17, 15) is 9.59 Å². The van der Waals surface area contributed by atoms with Gasteiger partial charge in [0, 0.05) is 43.3 Å². The fraction of sp³-hybridized carbons (Fsp3) is 0.429. The molecule has 1 unspecified atom stereocenters. The van der Waals surface area contributed by atoms with Gasteiger partial charge >= 0.3 is 0 Å². The fourth-order valence-corrected chi connectivity index (χ4v) is 6.32. The van der Waals surface area contributed by atoms with Crippen LogP contribution in [-0.2, 0) is 17.8 Å². The number of amides is 2. The second-order valence-corrected chi connectivity index (χ2v) is 11.9. The Morgan fingerprint density at radius 2 is 1.49 bits per heavy atom. The molecule has 216 valence electrons. The van der Waals surface area contributed by atoms with Crippen LogP contribution in [0.3, 0.4) is 0 Å². The van der Waals surface area contributed by atoms with E-state index in [0.717, 1.165) is 57.2 Å². The van der Waals surface area contributed by atoms with Crippen LogP contribution >= 0.6 is 0 Å². The van der Waals surface area contributed by atoms with Crippen molar-refractivity contribution in [3.05, 3.63) is 107 Å². The number of nitrogens with zero attached hydrogens (tertiary/aromatic N) is 2. The molecule has 6 nitrogen and oxygen atoms in total. The van der Waals surface area contributed by atoms with E-state index < -0.39 is 6.04 Å². The molecule has 2 fully saturated rings. The van der Waals surface area contributed by atoms with E-state index in [4.69, 9.17) is 5.73 Å². The average Bonchev–Trinajstić information content (AvgIpc) is 3.01. The minimum atomic E-state index is -0.506. The molecular formula is C35H44N4O2. The summed E-state index contributed by atoms with van der Waals surface area (Å²) < 4.78 is 0. The number of nitrogens with two attached hydrogens (primary N) is 1. The molecule has 1 heterocycles. The van der Waals surface area contributed by atoms with Crippen LogP contribution in [-0.4, -0.2) is 58.9 Å². The normalized spacial score (nSPS) is 22.9. The van der Waals surface area contributed by atoms with Gasteiger partial charge in [-0.25, -0.2) is 0 Å². The van der Waals surface area contributed by atoms with Crippen molar-refractivity contribution in [1.82, 2.24) is 15.1 Å². The highest BCUT2D eigenvalue weighted by molar-refractivity contribution is 5.97. The van der Waals surface area contributed by atoms with E-state index >= 15 is 0 Å². The smallest absolute Gasteiger partial charge is 0.254 e. The van der Waals surface area contributed by atoms with E-state index in [0.29, 0.717) is 18.5 Å². The maximum atomic E-state index is 13.9. The Hall–Kier alpha value is -3.48. The molecule has 1 saturated carbocycles. The lowest BCUT2D eigenvalue weighted by Crippen LogP contribution is -2.58. The van der Waals surface area contributed by atoms with Gasteiger partial charge in [0.05, 0.1) is 0 Å². The summed E-state index contributed by atoms with van der Waals surface area (Å²) in [5.74, 6) is -0.0912. The Morgan fingerprint density at radius 3 is 2.15 bits per heavy atom. The molecular weight excluding hydrogens is 508 g/mol. The Morgan fingerprint density at radius 1 is 0.854 bits per heavy atom. The number of aryl methyl sites for hydroxylation is 1. The highest BCUT2D eigenvalue weighted by atomic mass is 16.2. The van der Waals surface area contributed by atoms with Gasteiger partial charge in [-0.05, 0) is 75.1 Å². The molecule has 0 radical (unpaired) electrons. The van der Waals surface area contributed by atoms with Crippen molar-refractivity contribution in [2.45, 2.75) is 82.6 Å². The number of rotatable bonds is 9. The summed E-state index contributed by atoms with van der Waals surface area (Å²) in [5.41, 5.74) is 10.4. The third-order valence-electron chi connectivity index (χ3n) is 8.83. The van der Waals surface area contributed by atoms with Crippen molar-refractivity contribution in [2.24, 2.45) is 5.73 Å². The van der Waals surface area contributed by atoms with E-state index in [1.807, 2.05) is 42.2 Å². The molecule has 2 aliphatic rings. The predicted molar refractivity (Wildman–Crippen MR) is 164 cm³/mol.